The van der Waals surface area contributed by atoms with Crippen LogP contribution in [0.5, 0.6) is 0 Å². The molecule has 1 unspecified atom stereocenters. The van der Waals surface area contributed by atoms with E-state index in [1.54, 1.807) is 6.07 Å². The van der Waals surface area contributed by atoms with Gasteiger partial charge in [0.15, 0.2) is 24.1 Å². The lowest BCUT2D eigenvalue weighted by Crippen LogP contribution is -3.00. The van der Waals surface area contributed by atoms with Crippen molar-refractivity contribution in [1.29, 1.82) is 0 Å². The molecule has 3 aliphatic heterocycles. The van der Waals surface area contributed by atoms with Crippen LogP contribution in [0.15, 0.2) is 34.4 Å². The molecule has 2 bridgehead atoms. The van der Waals surface area contributed by atoms with E-state index in [2.05, 4.69) is 10.5 Å². The highest BCUT2D eigenvalue weighted by Crippen LogP contribution is 2.48. The van der Waals surface area contributed by atoms with Crippen molar-refractivity contribution < 1.29 is 45.4 Å². The van der Waals surface area contributed by atoms with E-state index < -0.39 is 11.6 Å². The van der Waals surface area contributed by atoms with Crippen molar-refractivity contribution in [3.05, 3.63) is 34.7 Å². The van der Waals surface area contributed by atoms with Crippen LogP contribution in [-0.4, -0.2) is 58.9 Å². The number of amides is 1. The molecule has 1 aliphatic carbocycles. The molecule has 31 heavy (non-hydrogen) atoms. The number of halogens is 1. The minimum atomic E-state index is -1.55. The predicted octanol–water partition coefficient (Wildman–Crippen LogP) is -0.871. The molecule has 8 nitrogen and oxygen atoms in total. The van der Waals surface area contributed by atoms with Crippen LogP contribution in [0.3, 0.4) is 0 Å². The molecule has 2 atom stereocenters. The standard InChI is InChI=1S/C21H25N3O5S.BrH/c25-19(22-18-7-10-28-23-18)13-24-8-5-14(6-9-24)16(12-24)29-20(26)21(27,15-3-4-15)17-2-1-11-30-17;/h1-2,7,10-11,14-16,27H,3-6,8-9,12-13H2;1H/t14?,16?,21-,24?;/m0./s1. The van der Waals surface area contributed by atoms with Crippen molar-refractivity contribution in [3.63, 3.8) is 0 Å². The quantitative estimate of drug-likeness (QED) is 0.370. The van der Waals surface area contributed by atoms with E-state index in [4.69, 9.17) is 9.26 Å². The van der Waals surface area contributed by atoms with E-state index in [1.165, 1.54) is 17.6 Å². The third-order valence-corrected chi connectivity index (χ3v) is 7.85. The Morgan fingerprint density at radius 2 is 2.06 bits per heavy atom. The normalized spacial score (nSPS) is 28.9. The molecule has 2 aromatic rings. The largest absolute Gasteiger partial charge is 1.00 e. The summed E-state index contributed by atoms with van der Waals surface area (Å²) in [6.45, 7) is 2.70. The Bertz CT molecular complexity index is 910. The van der Waals surface area contributed by atoms with Crippen molar-refractivity contribution in [2.24, 2.45) is 11.8 Å². The van der Waals surface area contributed by atoms with Gasteiger partial charge >= 0.3 is 5.97 Å². The molecule has 2 N–H and O–H groups in total. The maximum absolute atomic E-state index is 13.2. The zero-order chi connectivity index (χ0) is 20.8. The third-order valence-electron chi connectivity index (χ3n) is 6.86. The Morgan fingerprint density at radius 3 is 2.68 bits per heavy atom. The van der Waals surface area contributed by atoms with Gasteiger partial charge in [0.25, 0.3) is 5.91 Å². The van der Waals surface area contributed by atoms with Gasteiger partial charge in [0.05, 0.1) is 13.1 Å². The Hall–Kier alpha value is -1.75. The topological polar surface area (TPSA) is 102 Å². The summed E-state index contributed by atoms with van der Waals surface area (Å²) in [5, 5.41) is 19.6. The van der Waals surface area contributed by atoms with E-state index in [1.807, 2.05) is 17.5 Å². The molecule has 0 radical (unpaired) electrons. The monoisotopic (exact) mass is 511 g/mol. The number of quaternary nitrogens is 1. The zero-order valence-electron chi connectivity index (χ0n) is 17.0. The summed E-state index contributed by atoms with van der Waals surface area (Å²) in [5.74, 6) is -0.0298. The number of esters is 1. The Labute approximate surface area is 194 Å². The first-order valence-corrected chi connectivity index (χ1v) is 11.4. The molecule has 5 heterocycles. The lowest BCUT2D eigenvalue weighted by molar-refractivity contribution is -0.939. The Morgan fingerprint density at radius 1 is 1.29 bits per heavy atom. The van der Waals surface area contributed by atoms with Gasteiger partial charge < -0.3 is 41.1 Å². The molecule has 10 heteroatoms. The number of aliphatic hydroxyl groups is 1. The second-order valence-electron chi connectivity index (χ2n) is 8.86. The SMILES string of the molecule is O=C(C[N+]12CCC(CC1)C(OC(=O)[C@@](O)(c1cccs1)C1CC1)C2)Nc1ccon1.[Br-]. The lowest BCUT2D eigenvalue weighted by Gasteiger charge is -2.51. The zero-order valence-corrected chi connectivity index (χ0v) is 19.4. The van der Waals surface area contributed by atoms with E-state index in [-0.39, 0.29) is 34.9 Å². The number of thiophene rings is 1. The second-order valence-corrected chi connectivity index (χ2v) is 9.81. The van der Waals surface area contributed by atoms with Crippen molar-refractivity contribution >= 4 is 29.0 Å². The minimum Gasteiger partial charge on any atom is -1.00 e. The van der Waals surface area contributed by atoms with Gasteiger partial charge in [-0.15, -0.1) is 11.3 Å². The lowest BCUT2D eigenvalue weighted by atomic mass is 9.83. The van der Waals surface area contributed by atoms with Gasteiger partial charge in [0.1, 0.15) is 12.8 Å². The fraction of sp³-hybridized carbons (Fsp3) is 0.571. The van der Waals surface area contributed by atoms with Crippen LogP contribution in [0.2, 0.25) is 0 Å². The highest BCUT2D eigenvalue weighted by Gasteiger charge is 2.55. The first-order chi connectivity index (χ1) is 14.5. The van der Waals surface area contributed by atoms with Gasteiger partial charge in [-0.25, -0.2) is 4.79 Å². The summed E-state index contributed by atoms with van der Waals surface area (Å²) >= 11 is 1.39. The number of carbonyl (C=O) groups is 2. The first-order valence-electron chi connectivity index (χ1n) is 10.5. The summed E-state index contributed by atoms with van der Waals surface area (Å²) in [5.41, 5.74) is -1.55. The van der Waals surface area contributed by atoms with E-state index >= 15 is 0 Å². The number of aromatic nitrogens is 1. The minimum absolute atomic E-state index is 0. The number of fused-ring (bicyclic) bond motifs is 3. The molecule has 3 saturated heterocycles. The molecule has 2 aromatic heterocycles. The van der Waals surface area contributed by atoms with E-state index in [0.29, 0.717) is 34.2 Å². The maximum Gasteiger partial charge on any atom is 0.344 e. The Kier molecular flexibility index (Phi) is 6.26. The molecular weight excluding hydrogens is 486 g/mol. The van der Waals surface area contributed by atoms with Gasteiger partial charge in [-0.05, 0) is 24.3 Å². The third kappa shape index (κ3) is 4.30. The molecule has 168 valence electrons. The highest BCUT2D eigenvalue weighted by molar-refractivity contribution is 7.10. The van der Waals surface area contributed by atoms with Crippen LogP contribution in [0.4, 0.5) is 5.82 Å². The summed E-state index contributed by atoms with van der Waals surface area (Å²) in [6, 6.07) is 5.26. The van der Waals surface area contributed by atoms with Crippen LogP contribution in [0.25, 0.3) is 0 Å². The Balaban J connectivity index is 0.00000231. The number of anilines is 1. The summed E-state index contributed by atoms with van der Waals surface area (Å²) in [4.78, 5) is 26.4. The maximum atomic E-state index is 13.2. The number of rotatable bonds is 7. The van der Waals surface area contributed by atoms with Crippen molar-refractivity contribution in [1.82, 2.24) is 5.16 Å². The average molecular weight is 512 g/mol. The molecule has 4 fully saturated rings. The second kappa shape index (κ2) is 8.65. The van der Waals surface area contributed by atoms with Crippen LogP contribution >= 0.6 is 11.3 Å². The highest BCUT2D eigenvalue weighted by atomic mass is 79.9. The van der Waals surface area contributed by atoms with Crippen LogP contribution in [0.1, 0.15) is 30.6 Å². The number of ether oxygens (including phenoxy) is 1. The predicted molar refractivity (Wildman–Crippen MR) is 108 cm³/mol. The summed E-state index contributed by atoms with van der Waals surface area (Å²) in [7, 11) is 0. The number of hydrogen-bond donors (Lipinski definition) is 2. The van der Waals surface area contributed by atoms with Crippen molar-refractivity contribution in [3.8, 4) is 0 Å². The summed E-state index contributed by atoms with van der Waals surface area (Å²) in [6.07, 6.45) is 4.63. The van der Waals surface area contributed by atoms with Crippen LogP contribution in [0, 0.1) is 11.8 Å². The first kappa shape index (κ1) is 22.4. The van der Waals surface area contributed by atoms with Crippen molar-refractivity contribution in [2.45, 2.75) is 37.4 Å². The van der Waals surface area contributed by atoms with Crippen molar-refractivity contribution in [2.75, 3.05) is 31.5 Å². The summed E-state index contributed by atoms with van der Waals surface area (Å²) < 4.78 is 11.3. The van der Waals surface area contributed by atoms with Gasteiger partial charge in [-0.1, -0.05) is 11.2 Å². The fourth-order valence-electron chi connectivity index (χ4n) is 5.03. The number of hydrogen-bond acceptors (Lipinski definition) is 7. The van der Waals surface area contributed by atoms with Crippen LogP contribution in [-0.2, 0) is 19.9 Å². The van der Waals surface area contributed by atoms with Gasteiger partial charge in [-0.3, -0.25) is 4.79 Å². The number of carbonyl (C=O) groups excluding carboxylic acids is 2. The van der Waals surface area contributed by atoms with Gasteiger partial charge in [0.2, 0.25) is 0 Å². The number of piperidine rings is 3. The van der Waals surface area contributed by atoms with Crippen LogP contribution < -0.4 is 22.3 Å². The molecule has 1 saturated carbocycles. The smallest absolute Gasteiger partial charge is 0.344 e. The van der Waals surface area contributed by atoms with E-state index in [9.17, 15) is 14.7 Å². The number of nitrogens with one attached hydrogen (secondary N) is 1. The molecule has 6 rings (SSSR count). The number of nitrogens with zero attached hydrogens (tertiary/aromatic N) is 2. The molecule has 0 aromatic carbocycles. The van der Waals surface area contributed by atoms with E-state index in [0.717, 1.165) is 38.8 Å². The van der Waals surface area contributed by atoms with Gasteiger partial charge in [0, 0.05) is 35.6 Å². The van der Waals surface area contributed by atoms with Gasteiger partial charge in [-0.2, -0.15) is 0 Å². The molecule has 1 amide bonds. The fourth-order valence-corrected chi connectivity index (χ4v) is 5.92. The molecule has 0 spiro atoms. The molecular formula is C21H26BrN3O5S. The average Bonchev–Trinajstić information content (AvgIpc) is 3.21. The molecule has 4 aliphatic rings.